The van der Waals surface area contributed by atoms with Gasteiger partial charge in [-0.1, -0.05) is 0 Å². The maximum absolute atomic E-state index is 13.0. The van der Waals surface area contributed by atoms with Gasteiger partial charge in [-0.2, -0.15) is 24.2 Å². The van der Waals surface area contributed by atoms with Gasteiger partial charge in [-0.3, -0.25) is 4.68 Å². The van der Waals surface area contributed by atoms with Crippen molar-refractivity contribution in [3.05, 3.63) is 54.6 Å². The molecule has 0 fully saturated rings. The highest BCUT2D eigenvalue weighted by molar-refractivity contribution is 7.98. The number of halogens is 2. The van der Waals surface area contributed by atoms with Gasteiger partial charge in [0.2, 0.25) is 0 Å². The van der Waals surface area contributed by atoms with Crippen LogP contribution in [-0.4, -0.2) is 37.2 Å². The van der Waals surface area contributed by atoms with Crippen LogP contribution in [-0.2, 0) is 13.1 Å². The van der Waals surface area contributed by atoms with E-state index in [1.54, 1.807) is 47.5 Å². The van der Waals surface area contributed by atoms with Crippen molar-refractivity contribution in [2.75, 3.05) is 11.6 Å². The van der Waals surface area contributed by atoms with E-state index >= 15 is 0 Å². The molecule has 4 rings (SSSR count). The average molecular weight is 441 g/mol. The first kappa shape index (κ1) is 20.6. The molecule has 1 aromatic carbocycles. The maximum Gasteiger partial charge on any atom is 0.387 e. The second-order valence-corrected chi connectivity index (χ2v) is 7.28. The van der Waals surface area contributed by atoms with Gasteiger partial charge in [-0.25, -0.2) is 9.50 Å². The number of rotatable bonds is 8. The minimum atomic E-state index is -2.97. The number of hydrogen-bond acceptors (Lipinski definition) is 7. The van der Waals surface area contributed by atoms with Crippen LogP contribution in [0.25, 0.3) is 16.9 Å². The predicted molar refractivity (Wildman–Crippen MR) is 112 cm³/mol. The Hall–Kier alpha value is -3.65. The van der Waals surface area contributed by atoms with Gasteiger partial charge in [-0.05, 0) is 30.5 Å². The van der Waals surface area contributed by atoms with Crippen molar-refractivity contribution in [3.8, 4) is 23.1 Å². The fourth-order valence-electron chi connectivity index (χ4n) is 3.11. The van der Waals surface area contributed by atoms with Gasteiger partial charge in [0.1, 0.15) is 18.0 Å². The Balaban J connectivity index is 1.72. The first-order valence-electron chi connectivity index (χ1n) is 9.17. The van der Waals surface area contributed by atoms with Crippen molar-refractivity contribution >= 4 is 23.1 Å². The number of thioether (sulfide) groups is 1. The minimum absolute atomic E-state index is 0.00991. The second kappa shape index (κ2) is 9.01. The normalized spacial score (nSPS) is 11.1. The molecule has 0 radical (unpaired) electrons. The summed E-state index contributed by atoms with van der Waals surface area (Å²) in [5, 5.41) is 21.0. The number of benzene rings is 1. The quantitative estimate of drug-likeness (QED) is 0.412. The lowest BCUT2D eigenvalue weighted by atomic mass is 10.1. The fourth-order valence-corrected chi connectivity index (χ4v) is 3.55. The molecule has 1 N–H and O–H groups in total. The predicted octanol–water partition coefficient (Wildman–Crippen LogP) is 4.05. The Bertz CT molecular complexity index is 1250. The largest absolute Gasteiger partial charge is 0.434 e. The second-order valence-electron chi connectivity index (χ2n) is 6.40. The summed E-state index contributed by atoms with van der Waals surface area (Å²) in [5.74, 6) is 0.00991. The third-order valence-electron chi connectivity index (χ3n) is 4.47. The van der Waals surface area contributed by atoms with E-state index in [-0.39, 0.29) is 12.3 Å². The fraction of sp³-hybridized carbons (Fsp3) is 0.200. The van der Waals surface area contributed by atoms with E-state index in [0.29, 0.717) is 29.1 Å². The zero-order valence-electron chi connectivity index (χ0n) is 16.4. The Morgan fingerprint density at radius 3 is 3.00 bits per heavy atom. The third kappa shape index (κ3) is 4.44. The SMILES string of the molecule is CSc1ccc(OC(F)F)c(-c2nn(CC#N)cc2NCc2cnn3cccnc23)c1. The number of aromatic nitrogens is 5. The Morgan fingerprint density at radius 2 is 2.23 bits per heavy atom. The van der Waals surface area contributed by atoms with Crippen LogP contribution in [0.4, 0.5) is 14.5 Å². The van der Waals surface area contributed by atoms with Gasteiger partial charge in [0.15, 0.2) is 5.65 Å². The van der Waals surface area contributed by atoms with Gasteiger partial charge in [0, 0.05) is 41.2 Å². The Morgan fingerprint density at radius 1 is 1.35 bits per heavy atom. The van der Waals surface area contributed by atoms with Crippen LogP contribution >= 0.6 is 11.8 Å². The number of anilines is 1. The minimum Gasteiger partial charge on any atom is -0.434 e. The van der Waals surface area contributed by atoms with Gasteiger partial charge in [0.05, 0.1) is 18.0 Å². The number of nitriles is 1. The van der Waals surface area contributed by atoms with Gasteiger partial charge in [-0.15, -0.1) is 11.8 Å². The first-order chi connectivity index (χ1) is 15.1. The molecular weight excluding hydrogens is 424 g/mol. The monoisotopic (exact) mass is 441 g/mol. The number of nitrogens with one attached hydrogen (secondary N) is 1. The molecule has 0 aliphatic heterocycles. The van der Waals surface area contributed by atoms with Gasteiger partial charge in [0.25, 0.3) is 0 Å². The molecule has 11 heteroatoms. The number of alkyl halides is 2. The van der Waals surface area contributed by atoms with E-state index in [2.05, 4.69) is 20.5 Å². The standard InChI is InChI=1S/C20H17F2N7OS/c1-31-14-3-4-17(30-20(21)22)15(9-14)18-16(12-28(27-18)8-5-23)25-10-13-11-26-29-7-2-6-24-19(13)29/h2-4,6-7,9,11-12,20,25H,8,10H2,1H3. The summed E-state index contributed by atoms with van der Waals surface area (Å²) in [5.41, 5.74) is 2.94. The van der Waals surface area contributed by atoms with Crippen LogP contribution in [0, 0.1) is 11.3 Å². The zero-order chi connectivity index (χ0) is 21.8. The maximum atomic E-state index is 13.0. The van der Waals surface area contributed by atoms with E-state index in [4.69, 9.17) is 10.00 Å². The highest BCUT2D eigenvalue weighted by atomic mass is 32.2. The molecule has 0 saturated heterocycles. The summed E-state index contributed by atoms with van der Waals surface area (Å²) in [4.78, 5) is 5.19. The van der Waals surface area contributed by atoms with Crippen molar-refractivity contribution in [2.24, 2.45) is 0 Å². The van der Waals surface area contributed by atoms with Crippen molar-refractivity contribution < 1.29 is 13.5 Å². The highest BCUT2D eigenvalue weighted by Crippen LogP contribution is 2.37. The van der Waals surface area contributed by atoms with Gasteiger partial charge < -0.3 is 10.1 Å². The molecular formula is C20H17F2N7OS. The number of fused-ring (bicyclic) bond motifs is 1. The van der Waals surface area contributed by atoms with Gasteiger partial charge >= 0.3 is 6.61 Å². The van der Waals surface area contributed by atoms with E-state index < -0.39 is 6.61 Å². The van der Waals surface area contributed by atoms with Crippen molar-refractivity contribution in [1.29, 1.82) is 5.26 Å². The molecule has 3 aromatic heterocycles. The summed E-state index contributed by atoms with van der Waals surface area (Å²) in [6.07, 6.45) is 8.73. The highest BCUT2D eigenvalue weighted by Gasteiger charge is 2.19. The summed E-state index contributed by atoms with van der Waals surface area (Å²) >= 11 is 1.47. The number of hydrogen-bond donors (Lipinski definition) is 1. The molecule has 0 amide bonds. The zero-order valence-corrected chi connectivity index (χ0v) is 17.2. The lowest BCUT2D eigenvalue weighted by Gasteiger charge is -2.12. The number of nitrogens with zero attached hydrogens (tertiary/aromatic N) is 6. The van der Waals surface area contributed by atoms with E-state index in [9.17, 15) is 8.78 Å². The molecule has 31 heavy (non-hydrogen) atoms. The van der Waals surface area contributed by atoms with Crippen LogP contribution in [0.1, 0.15) is 5.56 Å². The van der Waals surface area contributed by atoms with Crippen molar-refractivity contribution in [1.82, 2.24) is 24.4 Å². The topological polar surface area (TPSA) is 93.1 Å². The van der Waals surface area contributed by atoms with Crippen molar-refractivity contribution in [2.45, 2.75) is 24.6 Å². The third-order valence-corrected chi connectivity index (χ3v) is 5.20. The summed E-state index contributed by atoms with van der Waals surface area (Å²) in [6, 6.07) is 8.75. The van der Waals surface area contributed by atoms with Crippen LogP contribution in [0.5, 0.6) is 5.75 Å². The van der Waals surface area contributed by atoms with Crippen LogP contribution in [0.15, 0.2) is 53.9 Å². The Kier molecular flexibility index (Phi) is 5.99. The molecule has 0 aliphatic carbocycles. The van der Waals surface area contributed by atoms with Crippen LogP contribution in [0.3, 0.4) is 0 Å². The molecule has 0 bridgehead atoms. The molecule has 0 spiro atoms. The molecule has 0 atom stereocenters. The lowest BCUT2D eigenvalue weighted by Crippen LogP contribution is -2.05. The summed E-state index contributed by atoms with van der Waals surface area (Å²) in [7, 11) is 0. The Labute approximate surface area is 180 Å². The molecule has 8 nitrogen and oxygen atoms in total. The molecule has 4 aromatic rings. The number of ether oxygens (including phenoxy) is 1. The summed E-state index contributed by atoms with van der Waals surface area (Å²) < 4.78 is 33.8. The van der Waals surface area contributed by atoms with E-state index in [0.717, 1.165) is 10.5 Å². The lowest BCUT2D eigenvalue weighted by molar-refractivity contribution is -0.0494. The molecule has 0 saturated carbocycles. The molecule has 158 valence electrons. The molecule has 0 unspecified atom stereocenters. The first-order valence-corrected chi connectivity index (χ1v) is 10.4. The van der Waals surface area contributed by atoms with Crippen LogP contribution in [0.2, 0.25) is 0 Å². The molecule has 0 aliphatic rings. The van der Waals surface area contributed by atoms with Crippen LogP contribution < -0.4 is 10.1 Å². The molecule has 3 heterocycles. The smallest absolute Gasteiger partial charge is 0.387 e. The van der Waals surface area contributed by atoms with E-state index in [1.807, 2.05) is 12.3 Å². The van der Waals surface area contributed by atoms with E-state index in [1.165, 1.54) is 22.5 Å². The van der Waals surface area contributed by atoms with Crippen molar-refractivity contribution in [3.63, 3.8) is 0 Å². The summed E-state index contributed by atoms with van der Waals surface area (Å²) in [6.45, 7) is -2.58. The average Bonchev–Trinajstić information content (AvgIpc) is 3.36.